The average Bonchev–Trinajstić information content (AvgIpc) is 3.26. The monoisotopic (exact) mass is 829 g/mol. The molecule has 6 aromatic carbocycles. The predicted molar refractivity (Wildman–Crippen MR) is 252 cm³/mol. The Morgan fingerprint density at radius 2 is 0.742 bits per heavy atom. The zero-order valence-electron chi connectivity index (χ0n) is 39.4. The van der Waals surface area contributed by atoms with Crippen LogP contribution in [0.1, 0.15) is 122 Å². The molecule has 0 aromatic heterocycles. The van der Waals surface area contributed by atoms with Gasteiger partial charge in [-0.3, -0.25) is 0 Å². The average molecular weight is 830 g/mol. The third-order valence-electron chi connectivity index (χ3n) is 15.9. The van der Waals surface area contributed by atoms with Crippen molar-refractivity contribution in [2.24, 2.45) is 0 Å². The second kappa shape index (κ2) is 14.7. The van der Waals surface area contributed by atoms with Crippen LogP contribution in [0.15, 0.2) is 36.4 Å². The Morgan fingerprint density at radius 1 is 0.403 bits per heavy atom. The van der Waals surface area contributed by atoms with Crippen LogP contribution in [0.25, 0.3) is 11.1 Å². The van der Waals surface area contributed by atoms with Gasteiger partial charge in [0.15, 0.2) is 0 Å². The molecule has 0 saturated heterocycles. The molecule has 3 nitrogen and oxygen atoms in total. The number of rotatable bonds is 3. The van der Waals surface area contributed by atoms with Gasteiger partial charge in [-0.25, -0.2) is 0 Å². The number of hydrogen-bond donors (Lipinski definition) is 0. The first kappa shape index (κ1) is 42.9. The Labute approximate surface area is 366 Å². The van der Waals surface area contributed by atoms with Crippen molar-refractivity contribution in [1.29, 1.82) is 5.26 Å². The van der Waals surface area contributed by atoms with Gasteiger partial charge in [0.2, 0.25) is 0 Å². The lowest BCUT2D eigenvalue weighted by Gasteiger charge is -2.42. The Morgan fingerprint density at radius 3 is 1.08 bits per heavy atom. The van der Waals surface area contributed by atoms with Crippen LogP contribution in [0.3, 0.4) is 0 Å². The van der Waals surface area contributed by atoms with Crippen LogP contribution in [0, 0.1) is 122 Å². The maximum atomic E-state index is 15.2. The lowest BCUT2D eigenvalue weighted by Crippen LogP contribution is -2.26. The van der Waals surface area contributed by atoms with Crippen LogP contribution in [0.2, 0.25) is 0 Å². The first-order chi connectivity index (χ1) is 29.0. The number of benzene rings is 6. The lowest BCUT2D eigenvalue weighted by molar-refractivity contribution is -0.137. The summed E-state index contributed by atoms with van der Waals surface area (Å²) in [6.45, 7) is 34.7. The number of hydrogen-bond acceptors (Lipinski definition) is 3. The van der Waals surface area contributed by atoms with Gasteiger partial charge in [0.25, 0.3) is 0 Å². The number of fused-ring (bicyclic) bond motifs is 4. The molecule has 62 heavy (non-hydrogen) atoms. The molecule has 2 aliphatic rings. The Hall–Kier alpha value is -5.80. The standard InChI is InChI=1S/C56H58F3N3/c1-26-30(5)38(13)52-45(34(26)9)23-46-35(10)27(2)31(6)39(14)53(46)61(52)50-20-17-42(25-60)21-49(50)44-19-18-43(56(57,58)59)22-51(44)62-54-40(15)32(7)28(3)36(11)47(54)24-48-37(12)29(4)33(8)41(16)55(48)62/h17-22H,23-24H2,1-16H3. The van der Waals surface area contributed by atoms with Crippen LogP contribution in [0.4, 0.5) is 47.3 Å². The molecule has 0 fully saturated rings. The van der Waals surface area contributed by atoms with E-state index in [1.54, 1.807) is 6.07 Å². The zero-order chi connectivity index (χ0) is 45.3. The summed E-state index contributed by atoms with van der Waals surface area (Å²) >= 11 is 0. The maximum absolute atomic E-state index is 15.2. The molecule has 0 spiro atoms. The highest BCUT2D eigenvalue weighted by Gasteiger charge is 2.39. The summed E-state index contributed by atoms with van der Waals surface area (Å²) in [6.07, 6.45) is -3.15. The molecule has 0 saturated carbocycles. The van der Waals surface area contributed by atoms with Gasteiger partial charge in [-0.15, -0.1) is 0 Å². The van der Waals surface area contributed by atoms with Gasteiger partial charge in [0.05, 0.1) is 51.3 Å². The number of nitrogens with zero attached hydrogens (tertiary/aromatic N) is 3. The fourth-order valence-electron chi connectivity index (χ4n) is 10.8. The van der Waals surface area contributed by atoms with Crippen molar-refractivity contribution in [3.05, 3.63) is 159 Å². The van der Waals surface area contributed by atoms with E-state index in [0.717, 1.165) is 79.4 Å². The smallest absolute Gasteiger partial charge is 0.309 e. The first-order valence-electron chi connectivity index (χ1n) is 21.8. The predicted octanol–water partition coefficient (Wildman–Crippen LogP) is 15.9. The largest absolute Gasteiger partial charge is 0.416 e. The normalized spacial score (nSPS) is 13.2. The maximum Gasteiger partial charge on any atom is 0.416 e. The van der Waals surface area contributed by atoms with E-state index in [1.807, 2.05) is 18.2 Å². The minimum Gasteiger partial charge on any atom is -0.309 e. The van der Waals surface area contributed by atoms with E-state index in [4.69, 9.17) is 0 Å². The molecule has 2 aliphatic heterocycles. The van der Waals surface area contributed by atoms with E-state index >= 15 is 13.2 Å². The third-order valence-corrected chi connectivity index (χ3v) is 15.9. The van der Waals surface area contributed by atoms with Gasteiger partial charge in [-0.2, -0.15) is 18.4 Å². The molecule has 0 aliphatic carbocycles. The highest BCUT2D eigenvalue weighted by atomic mass is 19.4. The van der Waals surface area contributed by atoms with Gasteiger partial charge in [-0.05, 0) is 252 Å². The van der Waals surface area contributed by atoms with Gasteiger partial charge >= 0.3 is 6.18 Å². The fraction of sp³-hybridized carbons (Fsp3) is 0.339. The molecule has 2 heterocycles. The second-order valence-electron chi connectivity index (χ2n) is 18.4. The molecule has 318 valence electrons. The quantitative estimate of drug-likeness (QED) is 0.178. The zero-order valence-corrected chi connectivity index (χ0v) is 39.4. The number of nitriles is 1. The van der Waals surface area contributed by atoms with Crippen LogP contribution < -0.4 is 9.80 Å². The molecular formula is C56H58F3N3. The Kier molecular flexibility index (Phi) is 10.1. The molecule has 8 rings (SSSR count). The molecule has 0 atom stereocenters. The summed E-state index contributed by atoms with van der Waals surface area (Å²) in [6, 6.07) is 12.4. The molecule has 0 bridgehead atoms. The second-order valence-corrected chi connectivity index (χ2v) is 18.4. The lowest BCUT2D eigenvalue weighted by atomic mass is 9.80. The van der Waals surface area contributed by atoms with Crippen molar-refractivity contribution in [2.45, 2.75) is 130 Å². The van der Waals surface area contributed by atoms with E-state index < -0.39 is 11.7 Å². The summed E-state index contributed by atoms with van der Waals surface area (Å²) in [5.41, 5.74) is 30.0. The van der Waals surface area contributed by atoms with Crippen LogP contribution in [0.5, 0.6) is 0 Å². The van der Waals surface area contributed by atoms with E-state index in [-0.39, 0.29) is 0 Å². The molecule has 0 amide bonds. The summed E-state index contributed by atoms with van der Waals surface area (Å²) in [7, 11) is 0. The van der Waals surface area contributed by atoms with Crippen LogP contribution in [-0.2, 0) is 19.0 Å². The van der Waals surface area contributed by atoms with Gasteiger partial charge in [0.1, 0.15) is 0 Å². The first-order valence-corrected chi connectivity index (χ1v) is 21.8. The molecule has 0 N–H and O–H groups in total. The minimum atomic E-state index is -4.60. The van der Waals surface area contributed by atoms with Gasteiger partial charge < -0.3 is 9.80 Å². The summed E-state index contributed by atoms with van der Waals surface area (Å²) in [4.78, 5) is 4.55. The summed E-state index contributed by atoms with van der Waals surface area (Å²) in [5, 5.41) is 10.6. The summed E-state index contributed by atoms with van der Waals surface area (Å²) in [5.74, 6) is 0. The molecule has 0 radical (unpaired) electrons. The Balaban J connectivity index is 1.58. The van der Waals surface area contributed by atoms with Crippen LogP contribution >= 0.6 is 0 Å². The van der Waals surface area contributed by atoms with E-state index in [1.165, 1.54) is 78.9 Å². The number of anilines is 6. The highest BCUT2D eigenvalue weighted by molar-refractivity contribution is 6.01. The minimum absolute atomic E-state index is 0.435. The van der Waals surface area contributed by atoms with Gasteiger partial charge in [-0.1, -0.05) is 6.07 Å². The van der Waals surface area contributed by atoms with E-state index in [2.05, 4.69) is 127 Å². The topological polar surface area (TPSA) is 30.3 Å². The van der Waals surface area contributed by atoms with Crippen molar-refractivity contribution in [3.63, 3.8) is 0 Å². The number of halogens is 3. The van der Waals surface area contributed by atoms with Gasteiger partial charge in [0, 0.05) is 24.0 Å². The SMILES string of the molecule is Cc1c(C)c(C)c2c(c1C)Cc1c(C)c(C)c(C)c(C)c1N2c1ccc(C#N)cc1-c1ccc(C(F)(F)F)cc1N1c2c(C)c(C)c(C)c(C)c2Cc2c(C)c(C)c(C)c(C)c21. The molecule has 6 heteroatoms. The van der Waals surface area contributed by atoms with Crippen molar-refractivity contribution in [3.8, 4) is 17.2 Å². The third kappa shape index (κ3) is 5.98. The van der Waals surface area contributed by atoms with Crippen molar-refractivity contribution >= 4 is 34.1 Å². The molecular weight excluding hydrogens is 772 g/mol. The van der Waals surface area contributed by atoms with Crippen molar-refractivity contribution in [1.82, 2.24) is 0 Å². The Bertz CT molecular complexity index is 2890. The van der Waals surface area contributed by atoms with Crippen molar-refractivity contribution < 1.29 is 13.2 Å². The number of alkyl halides is 3. The van der Waals surface area contributed by atoms with Crippen LogP contribution in [-0.4, -0.2) is 0 Å². The van der Waals surface area contributed by atoms with E-state index in [9.17, 15) is 5.26 Å². The molecule has 0 unspecified atom stereocenters. The fourth-order valence-corrected chi connectivity index (χ4v) is 10.8. The highest BCUT2D eigenvalue weighted by Crippen LogP contribution is 2.57. The van der Waals surface area contributed by atoms with E-state index in [0.29, 0.717) is 28.8 Å². The van der Waals surface area contributed by atoms with Crippen molar-refractivity contribution in [2.75, 3.05) is 9.80 Å². The molecule has 6 aromatic rings. The summed E-state index contributed by atoms with van der Waals surface area (Å²) < 4.78 is 45.7.